The van der Waals surface area contributed by atoms with E-state index in [9.17, 15) is 0 Å². The molecule has 0 saturated carbocycles. The van der Waals surface area contributed by atoms with E-state index in [1.165, 1.54) is 49.7 Å². The Morgan fingerprint density at radius 1 is 0.682 bits per heavy atom. The molecule has 0 aromatic heterocycles. The zero-order valence-corrected chi connectivity index (χ0v) is 24.3. The molecule has 3 heteroatoms. The number of nitrogens with one attached hydrogen (secondary N) is 1. The lowest BCUT2D eigenvalue weighted by atomic mass is 9.92. The molecule has 8 rings (SSSR count). The van der Waals surface area contributed by atoms with Crippen molar-refractivity contribution in [2.75, 3.05) is 0 Å². The van der Waals surface area contributed by atoms with Crippen LogP contribution in [0.3, 0.4) is 0 Å². The number of amidine groups is 2. The van der Waals surface area contributed by atoms with Crippen molar-refractivity contribution in [3.05, 3.63) is 161 Å². The summed E-state index contributed by atoms with van der Waals surface area (Å²) in [6.45, 7) is 0. The average molecular weight is 566 g/mol. The molecule has 6 aromatic carbocycles. The van der Waals surface area contributed by atoms with Gasteiger partial charge < -0.3 is 5.73 Å². The van der Waals surface area contributed by atoms with E-state index in [2.05, 4.69) is 114 Å². The summed E-state index contributed by atoms with van der Waals surface area (Å²) >= 11 is 0. The van der Waals surface area contributed by atoms with Gasteiger partial charge in [-0.1, -0.05) is 127 Å². The number of benzene rings is 6. The molecule has 3 nitrogen and oxygen atoms in total. The number of nitrogens with zero attached hydrogens (tertiary/aromatic N) is 1. The molecule has 0 atom stereocenters. The van der Waals surface area contributed by atoms with Crippen LogP contribution in [0.4, 0.5) is 0 Å². The van der Waals surface area contributed by atoms with E-state index in [-0.39, 0.29) is 5.84 Å². The first kappa shape index (κ1) is 26.1. The number of allylic oxidation sites excluding steroid dienone is 4. The zero-order valence-electron chi connectivity index (χ0n) is 24.3. The van der Waals surface area contributed by atoms with Gasteiger partial charge in [0.1, 0.15) is 5.84 Å². The van der Waals surface area contributed by atoms with Crippen molar-refractivity contribution in [1.29, 1.82) is 5.41 Å². The summed E-state index contributed by atoms with van der Waals surface area (Å²) in [7, 11) is 0. The lowest BCUT2D eigenvalue weighted by Crippen LogP contribution is -2.17. The van der Waals surface area contributed by atoms with Crippen LogP contribution in [0.2, 0.25) is 0 Å². The van der Waals surface area contributed by atoms with Crippen LogP contribution in [0.5, 0.6) is 0 Å². The second-order valence-corrected chi connectivity index (χ2v) is 11.6. The third kappa shape index (κ3) is 4.45. The summed E-state index contributed by atoms with van der Waals surface area (Å²) in [4.78, 5) is 4.66. The van der Waals surface area contributed by atoms with Crippen molar-refractivity contribution in [1.82, 2.24) is 0 Å². The maximum Gasteiger partial charge on any atom is 0.154 e. The molecule has 0 radical (unpaired) electrons. The van der Waals surface area contributed by atoms with E-state index in [4.69, 9.17) is 11.1 Å². The van der Waals surface area contributed by atoms with Gasteiger partial charge in [-0.15, -0.1) is 0 Å². The fraction of sp³-hybridized carbons (Fsp3) is 0.0732. The van der Waals surface area contributed by atoms with Crippen molar-refractivity contribution in [2.45, 2.75) is 19.3 Å². The van der Waals surface area contributed by atoms with Crippen LogP contribution in [0.1, 0.15) is 40.7 Å². The highest BCUT2D eigenvalue weighted by atomic mass is 14.9. The molecule has 0 amide bonds. The molecule has 44 heavy (non-hydrogen) atoms. The summed E-state index contributed by atoms with van der Waals surface area (Å²) in [6, 6.07) is 40.4. The second-order valence-electron chi connectivity index (χ2n) is 11.6. The van der Waals surface area contributed by atoms with Crippen molar-refractivity contribution in [3.8, 4) is 22.3 Å². The van der Waals surface area contributed by atoms with Crippen molar-refractivity contribution in [3.63, 3.8) is 0 Å². The van der Waals surface area contributed by atoms with Crippen LogP contribution in [-0.4, -0.2) is 11.7 Å². The van der Waals surface area contributed by atoms with Gasteiger partial charge in [0.2, 0.25) is 0 Å². The first-order valence-corrected chi connectivity index (χ1v) is 15.2. The summed E-state index contributed by atoms with van der Waals surface area (Å²) < 4.78 is 0. The van der Waals surface area contributed by atoms with Gasteiger partial charge >= 0.3 is 0 Å². The Kier molecular flexibility index (Phi) is 6.31. The van der Waals surface area contributed by atoms with Crippen molar-refractivity contribution < 1.29 is 0 Å². The van der Waals surface area contributed by atoms with E-state index in [0.29, 0.717) is 5.84 Å². The van der Waals surface area contributed by atoms with Crippen LogP contribution in [-0.2, 0) is 6.42 Å². The lowest BCUT2D eigenvalue weighted by molar-refractivity contribution is 1.04. The maximum atomic E-state index is 8.90. The van der Waals surface area contributed by atoms with Crippen LogP contribution >= 0.6 is 0 Å². The van der Waals surface area contributed by atoms with Crippen LogP contribution in [0, 0.1) is 5.41 Å². The molecular weight excluding hydrogens is 534 g/mol. The molecule has 0 spiro atoms. The molecule has 0 fully saturated rings. The summed E-state index contributed by atoms with van der Waals surface area (Å²) in [6.07, 6.45) is 9.86. The Bertz CT molecular complexity index is 2210. The van der Waals surface area contributed by atoms with Gasteiger partial charge in [-0.3, -0.25) is 5.41 Å². The molecule has 3 N–H and O–H groups in total. The fourth-order valence-electron chi connectivity index (χ4n) is 6.82. The minimum absolute atomic E-state index is 0.157. The molecule has 2 aliphatic carbocycles. The van der Waals surface area contributed by atoms with Crippen molar-refractivity contribution >= 4 is 38.8 Å². The van der Waals surface area contributed by atoms with E-state index in [1.807, 2.05) is 24.3 Å². The number of hydrogen-bond donors (Lipinski definition) is 2. The van der Waals surface area contributed by atoms with Crippen LogP contribution < -0.4 is 5.73 Å². The molecule has 0 bridgehead atoms. The quantitative estimate of drug-likeness (QED) is 0.125. The topological polar surface area (TPSA) is 62.2 Å². The largest absolute Gasteiger partial charge is 0.383 e. The highest BCUT2D eigenvalue weighted by molar-refractivity contribution is 6.15. The standard InChI is InChI=1S/C41H31N3/c42-40(32-23-22-30-21-20-28-10-4-5-12-33(28)37(30)25-32)44-41(43)36-15-6-11-31-24-38-34(13-7-14-35(38)39(31)36)29-18-16-27(17-19-29)26-8-2-1-3-9-26/h2,4-23,25H,1,3,24H2,(H3,42,43,44). The number of rotatable bonds is 4. The minimum Gasteiger partial charge on any atom is -0.383 e. The zero-order chi connectivity index (χ0) is 29.6. The predicted molar refractivity (Wildman–Crippen MR) is 185 cm³/mol. The lowest BCUT2D eigenvalue weighted by Gasteiger charge is -2.12. The second kappa shape index (κ2) is 10.6. The molecule has 6 aromatic rings. The van der Waals surface area contributed by atoms with Gasteiger partial charge in [0, 0.05) is 11.1 Å². The van der Waals surface area contributed by atoms with E-state index < -0.39 is 0 Å². The Labute approximate surface area is 257 Å². The molecular formula is C41H31N3. The number of nitrogens with two attached hydrogens (primary N) is 1. The van der Waals surface area contributed by atoms with Gasteiger partial charge in [-0.05, 0) is 91.4 Å². The Balaban J connectivity index is 1.14. The third-order valence-electron chi connectivity index (χ3n) is 9.02. The van der Waals surface area contributed by atoms with E-state index in [1.54, 1.807) is 0 Å². The first-order valence-electron chi connectivity index (χ1n) is 15.2. The Hall–Kier alpha value is -5.54. The molecule has 0 aliphatic heterocycles. The van der Waals surface area contributed by atoms with Crippen molar-refractivity contribution in [2.24, 2.45) is 10.7 Å². The maximum absolute atomic E-state index is 8.90. The highest BCUT2D eigenvalue weighted by Crippen LogP contribution is 2.43. The van der Waals surface area contributed by atoms with Gasteiger partial charge in [-0.25, -0.2) is 4.99 Å². The van der Waals surface area contributed by atoms with Gasteiger partial charge in [0.05, 0.1) is 0 Å². The number of aliphatic imine (C=N–C) groups is 1. The summed E-state index contributed by atoms with van der Waals surface area (Å²) in [5.41, 5.74) is 18.2. The Morgan fingerprint density at radius 3 is 2.27 bits per heavy atom. The third-order valence-corrected chi connectivity index (χ3v) is 9.02. The average Bonchev–Trinajstić information content (AvgIpc) is 3.47. The van der Waals surface area contributed by atoms with Crippen LogP contribution in [0.15, 0.2) is 138 Å². The molecule has 0 saturated heterocycles. The predicted octanol–water partition coefficient (Wildman–Crippen LogP) is 9.70. The Morgan fingerprint density at radius 2 is 1.43 bits per heavy atom. The number of fused-ring (bicyclic) bond motifs is 6. The molecule has 0 unspecified atom stereocenters. The van der Waals surface area contributed by atoms with E-state index in [0.717, 1.165) is 46.7 Å². The van der Waals surface area contributed by atoms with Gasteiger partial charge in [0.25, 0.3) is 0 Å². The molecule has 2 aliphatic rings. The summed E-state index contributed by atoms with van der Waals surface area (Å²) in [5, 5.41) is 13.5. The minimum atomic E-state index is 0.157. The highest BCUT2D eigenvalue weighted by Gasteiger charge is 2.25. The SMILES string of the molecule is N=C(N=C(N)c1cccc2c1-c1cccc(-c3ccc(C4=CCCC=C4)cc3)c1C2)c1ccc2ccc3ccccc3c2c1. The smallest absolute Gasteiger partial charge is 0.154 e. The fourth-order valence-corrected chi connectivity index (χ4v) is 6.82. The normalized spacial score (nSPS) is 14.0. The molecule has 0 heterocycles. The van der Waals surface area contributed by atoms with Crippen LogP contribution in [0.25, 0.3) is 49.4 Å². The summed E-state index contributed by atoms with van der Waals surface area (Å²) in [5.74, 6) is 0.520. The molecule has 210 valence electrons. The first-order chi connectivity index (χ1) is 21.6. The van der Waals surface area contributed by atoms with Gasteiger partial charge in [-0.2, -0.15) is 0 Å². The van der Waals surface area contributed by atoms with E-state index >= 15 is 0 Å². The van der Waals surface area contributed by atoms with Gasteiger partial charge in [0.15, 0.2) is 5.84 Å². The number of hydrogen-bond acceptors (Lipinski definition) is 1. The monoisotopic (exact) mass is 565 g/mol.